The molecule has 16 heavy (non-hydrogen) atoms. The van der Waals surface area contributed by atoms with Crippen molar-refractivity contribution in [2.45, 2.75) is 12.5 Å². The number of nitrogens with zero attached hydrogens (tertiary/aromatic N) is 2. The summed E-state index contributed by atoms with van der Waals surface area (Å²) in [6, 6.07) is 4.56. The average Bonchev–Trinajstić information content (AvgIpc) is 2.29. The largest absolute Gasteiger partial charge is 0.480 e. The second kappa shape index (κ2) is 4.24. The van der Waals surface area contributed by atoms with Crippen LogP contribution in [0.4, 0.5) is 0 Å². The van der Waals surface area contributed by atoms with Crippen LogP contribution in [-0.4, -0.2) is 27.1 Å². The number of hydrogen-bond donors (Lipinski definition) is 2. The molecule has 0 saturated carbocycles. The van der Waals surface area contributed by atoms with Crippen LogP contribution in [0.2, 0.25) is 0 Å². The molecule has 0 radical (unpaired) electrons. The highest BCUT2D eigenvalue weighted by Crippen LogP contribution is 2.15. The van der Waals surface area contributed by atoms with Gasteiger partial charge in [-0.15, -0.1) is 0 Å². The van der Waals surface area contributed by atoms with E-state index in [2.05, 4.69) is 9.97 Å². The van der Waals surface area contributed by atoms with Gasteiger partial charge in [0.1, 0.15) is 6.04 Å². The number of rotatable bonds is 3. The lowest BCUT2D eigenvalue weighted by molar-refractivity contribution is -0.138. The Morgan fingerprint density at radius 1 is 1.38 bits per heavy atom. The zero-order valence-electron chi connectivity index (χ0n) is 8.50. The Labute approximate surface area is 91.9 Å². The summed E-state index contributed by atoms with van der Waals surface area (Å²) < 4.78 is 0. The molecule has 1 atom stereocenters. The Kier molecular flexibility index (Phi) is 2.78. The molecule has 1 aromatic carbocycles. The highest BCUT2D eigenvalue weighted by atomic mass is 16.4. The Balaban J connectivity index is 2.41. The van der Waals surface area contributed by atoms with E-state index >= 15 is 0 Å². The van der Waals surface area contributed by atoms with Gasteiger partial charge in [0.15, 0.2) is 0 Å². The quantitative estimate of drug-likeness (QED) is 0.785. The van der Waals surface area contributed by atoms with Crippen molar-refractivity contribution < 1.29 is 9.90 Å². The molecule has 0 aliphatic rings. The zero-order valence-corrected chi connectivity index (χ0v) is 8.50. The van der Waals surface area contributed by atoms with Gasteiger partial charge in [0.25, 0.3) is 0 Å². The molecule has 0 bridgehead atoms. The van der Waals surface area contributed by atoms with Gasteiger partial charge in [0.05, 0.1) is 11.0 Å². The molecule has 1 heterocycles. The van der Waals surface area contributed by atoms with E-state index < -0.39 is 12.0 Å². The molecule has 0 fully saturated rings. The number of aliphatic carboxylic acids is 1. The van der Waals surface area contributed by atoms with E-state index in [4.69, 9.17) is 10.8 Å². The van der Waals surface area contributed by atoms with Crippen LogP contribution in [0.3, 0.4) is 0 Å². The van der Waals surface area contributed by atoms with E-state index in [1.165, 1.54) is 0 Å². The fraction of sp³-hybridized carbons (Fsp3) is 0.182. The molecule has 1 aromatic heterocycles. The highest BCUT2D eigenvalue weighted by molar-refractivity contribution is 5.79. The van der Waals surface area contributed by atoms with Crippen molar-refractivity contribution in [3.63, 3.8) is 0 Å². The Hall–Kier alpha value is -2.01. The van der Waals surface area contributed by atoms with Crippen molar-refractivity contribution in [2.75, 3.05) is 0 Å². The van der Waals surface area contributed by atoms with E-state index in [1.807, 2.05) is 18.2 Å². The summed E-state index contributed by atoms with van der Waals surface area (Å²) in [6.45, 7) is 0. The maximum atomic E-state index is 10.7. The van der Waals surface area contributed by atoms with Crippen molar-refractivity contribution in [2.24, 2.45) is 5.73 Å². The fourth-order valence-electron chi connectivity index (χ4n) is 1.54. The molecule has 1 unspecified atom stereocenters. The standard InChI is InChI=1S/C11H11N3O2/c12-8(11(15)16)6-7-2-1-3-9-10(7)14-5-4-13-9/h1-5,8H,6,12H2,(H,15,16). The van der Waals surface area contributed by atoms with Gasteiger partial charge in [-0.2, -0.15) is 0 Å². The number of carbonyl (C=O) groups is 1. The third-order valence-electron chi connectivity index (χ3n) is 2.34. The molecule has 0 amide bonds. The minimum Gasteiger partial charge on any atom is -0.480 e. The molecule has 3 N–H and O–H groups in total. The number of para-hydroxylation sites is 1. The smallest absolute Gasteiger partial charge is 0.320 e. The van der Waals surface area contributed by atoms with Crippen LogP contribution in [-0.2, 0) is 11.2 Å². The van der Waals surface area contributed by atoms with Crippen LogP contribution in [0.15, 0.2) is 30.6 Å². The van der Waals surface area contributed by atoms with Gasteiger partial charge in [-0.3, -0.25) is 14.8 Å². The predicted octanol–water partition coefficient (Wildman–Crippen LogP) is 0.584. The van der Waals surface area contributed by atoms with Crippen LogP contribution in [0.5, 0.6) is 0 Å². The van der Waals surface area contributed by atoms with Crippen LogP contribution < -0.4 is 5.73 Å². The lowest BCUT2D eigenvalue weighted by Gasteiger charge is -2.08. The monoisotopic (exact) mass is 217 g/mol. The minimum atomic E-state index is -1.01. The lowest BCUT2D eigenvalue weighted by atomic mass is 10.0. The van der Waals surface area contributed by atoms with Crippen molar-refractivity contribution in [1.82, 2.24) is 9.97 Å². The summed E-state index contributed by atoms with van der Waals surface area (Å²) in [7, 11) is 0. The summed E-state index contributed by atoms with van der Waals surface area (Å²) in [4.78, 5) is 19.0. The number of carboxylic acid groups (broad SMARTS) is 1. The van der Waals surface area contributed by atoms with Crippen LogP contribution in [0, 0.1) is 0 Å². The van der Waals surface area contributed by atoms with Gasteiger partial charge in [0, 0.05) is 18.8 Å². The Morgan fingerprint density at radius 2 is 2.12 bits per heavy atom. The molecule has 2 aromatic rings. The molecule has 82 valence electrons. The third kappa shape index (κ3) is 1.99. The number of fused-ring (bicyclic) bond motifs is 1. The van der Waals surface area contributed by atoms with E-state index in [1.54, 1.807) is 12.4 Å². The maximum Gasteiger partial charge on any atom is 0.320 e. The van der Waals surface area contributed by atoms with Crippen molar-refractivity contribution in [3.05, 3.63) is 36.2 Å². The van der Waals surface area contributed by atoms with E-state index in [0.29, 0.717) is 5.52 Å². The van der Waals surface area contributed by atoms with Crippen LogP contribution in [0.1, 0.15) is 5.56 Å². The number of benzene rings is 1. The topological polar surface area (TPSA) is 89.1 Å². The first-order valence-corrected chi connectivity index (χ1v) is 4.85. The summed E-state index contributed by atoms with van der Waals surface area (Å²) in [5.74, 6) is -1.01. The lowest BCUT2D eigenvalue weighted by Crippen LogP contribution is -2.32. The van der Waals surface area contributed by atoms with Crippen molar-refractivity contribution >= 4 is 17.0 Å². The summed E-state index contributed by atoms with van der Waals surface area (Å²) in [5.41, 5.74) is 7.76. The molecule has 0 aliphatic heterocycles. The minimum absolute atomic E-state index is 0.255. The van der Waals surface area contributed by atoms with Crippen molar-refractivity contribution in [3.8, 4) is 0 Å². The van der Waals surface area contributed by atoms with Gasteiger partial charge < -0.3 is 10.8 Å². The molecule has 0 saturated heterocycles. The average molecular weight is 217 g/mol. The number of hydrogen-bond acceptors (Lipinski definition) is 4. The van der Waals surface area contributed by atoms with Gasteiger partial charge in [-0.05, 0) is 11.6 Å². The SMILES string of the molecule is NC(Cc1cccc2nccnc12)C(=O)O. The Bertz CT molecular complexity index is 522. The molecule has 2 rings (SSSR count). The van der Waals surface area contributed by atoms with E-state index in [-0.39, 0.29) is 6.42 Å². The maximum absolute atomic E-state index is 10.7. The van der Waals surface area contributed by atoms with Crippen LogP contribution >= 0.6 is 0 Å². The van der Waals surface area contributed by atoms with Crippen LogP contribution in [0.25, 0.3) is 11.0 Å². The molecular formula is C11H11N3O2. The summed E-state index contributed by atoms with van der Waals surface area (Å²) in [5, 5.41) is 8.75. The normalized spacial score (nSPS) is 12.6. The number of aromatic nitrogens is 2. The fourth-order valence-corrected chi connectivity index (χ4v) is 1.54. The first kappa shape index (κ1) is 10.5. The third-order valence-corrected chi connectivity index (χ3v) is 2.34. The van der Waals surface area contributed by atoms with Crippen molar-refractivity contribution in [1.29, 1.82) is 0 Å². The summed E-state index contributed by atoms with van der Waals surface area (Å²) >= 11 is 0. The summed E-state index contributed by atoms with van der Waals surface area (Å²) in [6.07, 6.45) is 3.44. The van der Waals surface area contributed by atoms with Gasteiger partial charge >= 0.3 is 5.97 Å². The zero-order chi connectivity index (χ0) is 11.5. The molecular weight excluding hydrogens is 206 g/mol. The highest BCUT2D eigenvalue weighted by Gasteiger charge is 2.14. The van der Waals surface area contributed by atoms with E-state index in [0.717, 1.165) is 11.1 Å². The van der Waals surface area contributed by atoms with E-state index in [9.17, 15) is 4.79 Å². The first-order valence-electron chi connectivity index (χ1n) is 4.85. The molecule has 0 aliphatic carbocycles. The number of nitrogens with two attached hydrogens (primary N) is 1. The van der Waals surface area contributed by atoms with Gasteiger partial charge in [-0.1, -0.05) is 12.1 Å². The molecule has 0 spiro atoms. The van der Waals surface area contributed by atoms with Gasteiger partial charge in [-0.25, -0.2) is 0 Å². The Morgan fingerprint density at radius 3 is 2.88 bits per heavy atom. The first-order chi connectivity index (χ1) is 7.68. The predicted molar refractivity (Wildman–Crippen MR) is 58.9 cm³/mol. The second-order valence-electron chi connectivity index (χ2n) is 3.49. The van der Waals surface area contributed by atoms with Gasteiger partial charge in [0.2, 0.25) is 0 Å². The molecule has 5 nitrogen and oxygen atoms in total. The second-order valence-corrected chi connectivity index (χ2v) is 3.49. The number of carboxylic acids is 1. The molecule has 5 heteroatoms.